The Labute approximate surface area is 96.7 Å². The standard InChI is InChI=1S/C13H18N2O/c1-11(4-3-7-16)15-10-13-6-2-5-12(8-13)9-14/h2,5-6,8,11,15-16H,3-4,7,10H2,1H3. The van der Waals surface area contributed by atoms with Gasteiger partial charge in [0.2, 0.25) is 0 Å². The molecule has 0 bridgehead atoms. The van der Waals surface area contributed by atoms with Gasteiger partial charge in [-0.25, -0.2) is 0 Å². The van der Waals surface area contributed by atoms with Crippen LogP contribution in [0.3, 0.4) is 0 Å². The van der Waals surface area contributed by atoms with Crippen LogP contribution >= 0.6 is 0 Å². The third-order valence-corrected chi connectivity index (χ3v) is 2.51. The van der Waals surface area contributed by atoms with Crippen molar-refractivity contribution in [3.63, 3.8) is 0 Å². The zero-order valence-electron chi connectivity index (χ0n) is 9.61. The highest BCUT2D eigenvalue weighted by molar-refractivity contribution is 5.32. The van der Waals surface area contributed by atoms with Gasteiger partial charge in [0.05, 0.1) is 11.6 Å². The highest BCUT2D eigenvalue weighted by atomic mass is 16.2. The smallest absolute Gasteiger partial charge is 0.0991 e. The maximum absolute atomic E-state index is 8.76. The zero-order valence-corrected chi connectivity index (χ0v) is 9.61. The molecule has 1 rings (SSSR count). The summed E-state index contributed by atoms with van der Waals surface area (Å²) >= 11 is 0. The Kier molecular flexibility index (Phi) is 5.55. The van der Waals surface area contributed by atoms with Crippen LogP contribution in [0, 0.1) is 11.3 Å². The number of hydrogen-bond acceptors (Lipinski definition) is 3. The minimum Gasteiger partial charge on any atom is -0.396 e. The van der Waals surface area contributed by atoms with Gasteiger partial charge in [0.15, 0.2) is 0 Å². The van der Waals surface area contributed by atoms with E-state index in [-0.39, 0.29) is 6.61 Å². The molecule has 1 aromatic carbocycles. The van der Waals surface area contributed by atoms with Crippen LogP contribution in [0.25, 0.3) is 0 Å². The van der Waals surface area contributed by atoms with E-state index >= 15 is 0 Å². The largest absolute Gasteiger partial charge is 0.396 e. The Morgan fingerprint density at radius 3 is 3.00 bits per heavy atom. The number of rotatable bonds is 6. The van der Waals surface area contributed by atoms with Crippen LogP contribution in [0.4, 0.5) is 0 Å². The van der Waals surface area contributed by atoms with Crippen molar-refractivity contribution in [2.24, 2.45) is 0 Å². The molecule has 3 nitrogen and oxygen atoms in total. The molecule has 2 N–H and O–H groups in total. The van der Waals surface area contributed by atoms with Gasteiger partial charge < -0.3 is 10.4 Å². The molecule has 0 aliphatic rings. The first kappa shape index (κ1) is 12.7. The van der Waals surface area contributed by atoms with Gasteiger partial charge >= 0.3 is 0 Å². The lowest BCUT2D eigenvalue weighted by Crippen LogP contribution is -2.25. The van der Waals surface area contributed by atoms with Gasteiger partial charge in [-0.1, -0.05) is 12.1 Å². The van der Waals surface area contributed by atoms with Crippen LogP contribution < -0.4 is 5.32 Å². The van der Waals surface area contributed by atoms with Gasteiger partial charge in [0.25, 0.3) is 0 Å². The van der Waals surface area contributed by atoms with Crippen LogP contribution in [-0.4, -0.2) is 17.8 Å². The molecular weight excluding hydrogens is 200 g/mol. The van der Waals surface area contributed by atoms with Gasteiger partial charge in [0, 0.05) is 19.2 Å². The first-order valence-corrected chi connectivity index (χ1v) is 5.59. The molecule has 1 atom stereocenters. The molecule has 16 heavy (non-hydrogen) atoms. The minimum atomic E-state index is 0.246. The first-order valence-electron chi connectivity index (χ1n) is 5.59. The summed E-state index contributed by atoms with van der Waals surface area (Å²) in [5.74, 6) is 0. The molecule has 1 unspecified atom stereocenters. The number of hydrogen-bond donors (Lipinski definition) is 2. The van der Waals surface area contributed by atoms with E-state index in [1.807, 2.05) is 18.2 Å². The summed E-state index contributed by atoms with van der Waals surface area (Å²) in [7, 11) is 0. The van der Waals surface area contributed by atoms with Crippen molar-refractivity contribution in [1.82, 2.24) is 5.32 Å². The molecule has 0 fully saturated rings. The maximum Gasteiger partial charge on any atom is 0.0991 e. The molecule has 0 heterocycles. The summed E-state index contributed by atoms with van der Waals surface area (Å²) in [5.41, 5.74) is 1.82. The topological polar surface area (TPSA) is 56.0 Å². The van der Waals surface area contributed by atoms with E-state index in [0.717, 1.165) is 24.9 Å². The lowest BCUT2D eigenvalue weighted by Gasteiger charge is -2.13. The van der Waals surface area contributed by atoms with E-state index in [2.05, 4.69) is 18.3 Å². The fourth-order valence-electron chi connectivity index (χ4n) is 1.54. The Balaban J connectivity index is 2.39. The lowest BCUT2D eigenvalue weighted by atomic mass is 10.1. The predicted molar refractivity (Wildman–Crippen MR) is 63.8 cm³/mol. The Hall–Kier alpha value is -1.37. The number of aliphatic hydroxyl groups is 1. The Bertz CT molecular complexity index is 357. The molecular formula is C13H18N2O. The maximum atomic E-state index is 8.76. The second-order valence-corrected chi connectivity index (χ2v) is 3.96. The number of benzene rings is 1. The van der Waals surface area contributed by atoms with Gasteiger partial charge in [0.1, 0.15) is 0 Å². The second-order valence-electron chi connectivity index (χ2n) is 3.96. The Morgan fingerprint density at radius 1 is 1.50 bits per heavy atom. The third-order valence-electron chi connectivity index (χ3n) is 2.51. The molecule has 0 aromatic heterocycles. The average molecular weight is 218 g/mol. The van der Waals surface area contributed by atoms with Crippen LogP contribution in [0.1, 0.15) is 30.9 Å². The van der Waals surface area contributed by atoms with Crippen LogP contribution in [-0.2, 0) is 6.54 Å². The molecule has 86 valence electrons. The fourth-order valence-corrected chi connectivity index (χ4v) is 1.54. The monoisotopic (exact) mass is 218 g/mol. The van der Waals surface area contributed by atoms with Gasteiger partial charge in [-0.2, -0.15) is 5.26 Å². The van der Waals surface area contributed by atoms with E-state index in [1.165, 1.54) is 0 Å². The zero-order chi connectivity index (χ0) is 11.8. The molecule has 1 aromatic rings. The van der Waals surface area contributed by atoms with Gasteiger partial charge in [-0.15, -0.1) is 0 Å². The SMILES string of the molecule is CC(CCCO)NCc1cccc(C#N)c1. The van der Waals surface area contributed by atoms with E-state index in [4.69, 9.17) is 10.4 Å². The van der Waals surface area contributed by atoms with E-state index in [1.54, 1.807) is 6.07 Å². The van der Waals surface area contributed by atoms with Crippen molar-refractivity contribution in [2.45, 2.75) is 32.4 Å². The van der Waals surface area contributed by atoms with Crippen molar-refractivity contribution in [2.75, 3.05) is 6.61 Å². The van der Waals surface area contributed by atoms with Crippen LogP contribution in [0.2, 0.25) is 0 Å². The Morgan fingerprint density at radius 2 is 2.31 bits per heavy atom. The lowest BCUT2D eigenvalue weighted by molar-refractivity contribution is 0.276. The number of aliphatic hydroxyl groups excluding tert-OH is 1. The molecule has 0 aliphatic carbocycles. The predicted octanol–water partition coefficient (Wildman–Crippen LogP) is 1.81. The van der Waals surface area contributed by atoms with E-state index in [0.29, 0.717) is 11.6 Å². The fraction of sp³-hybridized carbons (Fsp3) is 0.462. The summed E-state index contributed by atoms with van der Waals surface area (Å²) in [6.07, 6.45) is 1.79. The number of nitrogens with one attached hydrogen (secondary N) is 1. The molecule has 0 saturated carbocycles. The van der Waals surface area contributed by atoms with Crippen LogP contribution in [0.5, 0.6) is 0 Å². The molecule has 0 saturated heterocycles. The van der Waals surface area contributed by atoms with Crippen LogP contribution in [0.15, 0.2) is 24.3 Å². The normalized spacial score (nSPS) is 12.1. The van der Waals surface area contributed by atoms with Crippen molar-refractivity contribution < 1.29 is 5.11 Å². The van der Waals surface area contributed by atoms with E-state index < -0.39 is 0 Å². The molecule has 0 aliphatic heterocycles. The van der Waals surface area contributed by atoms with Gasteiger partial charge in [-0.3, -0.25) is 0 Å². The third kappa shape index (κ3) is 4.43. The summed E-state index contributed by atoms with van der Waals surface area (Å²) in [4.78, 5) is 0. The molecule has 3 heteroatoms. The molecule has 0 spiro atoms. The van der Waals surface area contributed by atoms with Crippen molar-refractivity contribution in [3.05, 3.63) is 35.4 Å². The summed E-state index contributed by atoms with van der Waals surface area (Å²) in [5, 5.41) is 20.8. The van der Waals surface area contributed by atoms with Crippen molar-refractivity contribution in [1.29, 1.82) is 5.26 Å². The van der Waals surface area contributed by atoms with E-state index in [9.17, 15) is 0 Å². The molecule has 0 amide bonds. The van der Waals surface area contributed by atoms with Gasteiger partial charge in [-0.05, 0) is 37.5 Å². The highest BCUT2D eigenvalue weighted by Gasteiger charge is 2.01. The average Bonchev–Trinajstić information content (AvgIpc) is 2.34. The summed E-state index contributed by atoms with van der Waals surface area (Å²) in [6, 6.07) is 10.1. The number of nitrogens with zero attached hydrogens (tertiary/aromatic N) is 1. The second kappa shape index (κ2) is 7.00. The molecule has 0 radical (unpaired) electrons. The number of nitriles is 1. The van der Waals surface area contributed by atoms with Crippen molar-refractivity contribution >= 4 is 0 Å². The summed E-state index contributed by atoms with van der Waals surface area (Å²) < 4.78 is 0. The van der Waals surface area contributed by atoms with Crippen molar-refractivity contribution in [3.8, 4) is 6.07 Å². The quantitative estimate of drug-likeness (QED) is 0.765. The first-order chi connectivity index (χ1) is 7.76. The minimum absolute atomic E-state index is 0.246. The highest BCUT2D eigenvalue weighted by Crippen LogP contribution is 2.05. The summed E-state index contributed by atoms with van der Waals surface area (Å²) in [6.45, 7) is 3.11.